The van der Waals surface area contributed by atoms with Gasteiger partial charge < -0.3 is 14.9 Å². The number of aromatic nitrogens is 2. The molecule has 0 bridgehead atoms. The second-order valence-electron chi connectivity index (χ2n) is 6.42. The van der Waals surface area contributed by atoms with Crippen LogP contribution in [0.5, 0.6) is 0 Å². The predicted molar refractivity (Wildman–Crippen MR) is 99.3 cm³/mol. The maximum absolute atomic E-state index is 12.4. The SMILES string of the molecule is O=C(Nc1nc([C@H]2C[C@H](O)[C@@H](CO)O2)c2ccccc2n1)c1ccccc1. The van der Waals surface area contributed by atoms with Crippen LogP contribution in [-0.4, -0.2) is 44.9 Å². The number of carbonyl (C=O) groups is 1. The number of hydrogen-bond acceptors (Lipinski definition) is 6. The van der Waals surface area contributed by atoms with E-state index in [0.29, 0.717) is 23.2 Å². The fraction of sp³-hybridized carbons (Fsp3) is 0.250. The van der Waals surface area contributed by atoms with Gasteiger partial charge in [0.25, 0.3) is 5.91 Å². The number of ether oxygens (including phenoxy) is 1. The number of benzene rings is 2. The number of aliphatic hydroxyl groups is 2. The van der Waals surface area contributed by atoms with Crippen molar-refractivity contribution in [1.29, 1.82) is 0 Å². The van der Waals surface area contributed by atoms with E-state index >= 15 is 0 Å². The van der Waals surface area contributed by atoms with Crippen molar-refractivity contribution < 1.29 is 19.7 Å². The minimum atomic E-state index is -0.768. The van der Waals surface area contributed by atoms with Gasteiger partial charge in [0.05, 0.1) is 23.9 Å². The highest BCUT2D eigenvalue weighted by molar-refractivity contribution is 6.03. The molecule has 1 aromatic heterocycles. The molecule has 0 unspecified atom stereocenters. The van der Waals surface area contributed by atoms with E-state index in [9.17, 15) is 15.0 Å². The van der Waals surface area contributed by atoms with E-state index in [4.69, 9.17) is 4.74 Å². The summed E-state index contributed by atoms with van der Waals surface area (Å²) in [6, 6.07) is 16.2. The van der Waals surface area contributed by atoms with Crippen LogP contribution in [0.2, 0.25) is 0 Å². The van der Waals surface area contributed by atoms with Crippen molar-refractivity contribution in [3.8, 4) is 0 Å². The Hall–Kier alpha value is -2.87. The molecule has 0 saturated carbocycles. The van der Waals surface area contributed by atoms with Crippen molar-refractivity contribution in [3.05, 3.63) is 65.9 Å². The first-order valence-electron chi connectivity index (χ1n) is 8.73. The summed E-state index contributed by atoms with van der Waals surface area (Å²) >= 11 is 0. The summed E-state index contributed by atoms with van der Waals surface area (Å²) in [6.07, 6.45) is -1.59. The number of rotatable bonds is 4. The van der Waals surface area contributed by atoms with E-state index in [1.54, 1.807) is 24.3 Å². The Labute approximate surface area is 155 Å². The van der Waals surface area contributed by atoms with E-state index in [-0.39, 0.29) is 18.5 Å². The normalized spacial score (nSPS) is 22.1. The molecule has 27 heavy (non-hydrogen) atoms. The number of anilines is 1. The van der Waals surface area contributed by atoms with Crippen LogP contribution in [-0.2, 0) is 4.74 Å². The lowest BCUT2D eigenvalue weighted by Crippen LogP contribution is -2.24. The topological polar surface area (TPSA) is 105 Å². The van der Waals surface area contributed by atoms with Gasteiger partial charge in [-0.15, -0.1) is 0 Å². The molecule has 7 nitrogen and oxygen atoms in total. The molecule has 1 aliphatic rings. The van der Waals surface area contributed by atoms with Gasteiger partial charge in [-0.05, 0) is 18.2 Å². The average Bonchev–Trinajstić information content (AvgIpc) is 3.08. The fourth-order valence-electron chi connectivity index (χ4n) is 3.23. The first-order chi connectivity index (χ1) is 13.2. The number of aliphatic hydroxyl groups excluding tert-OH is 2. The number of hydrogen-bond donors (Lipinski definition) is 3. The molecule has 0 spiro atoms. The predicted octanol–water partition coefficient (Wildman–Crippen LogP) is 2.07. The highest BCUT2D eigenvalue weighted by Crippen LogP contribution is 2.35. The third-order valence-corrected chi connectivity index (χ3v) is 4.60. The molecule has 2 heterocycles. The average molecular weight is 365 g/mol. The van der Waals surface area contributed by atoms with Crippen molar-refractivity contribution in [2.45, 2.75) is 24.7 Å². The molecule has 1 aliphatic heterocycles. The Bertz CT molecular complexity index is 964. The van der Waals surface area contributed by atoms with Gasteiger partial charge in [0, 0.05) is 17.4 Å². The number of para-hydroxylation sites is 1. The van der Waals surface area contributed by atoms with Crippen molar-refractivity contribution >= 4 is 22.8 Å². The third kappa shape index (κ3) is 3.52. The van der Waals surface area contributed by atoms with Gasteiger partial charge in [0.15, 0.2) is 0 Å². The van der Waals surface area contributed by atoms with Crippen LogP contribution >= 0.6 is 0 Å². The van der Waals surface area contributed by atoms with Crippen molar-refractivity contribution in [2.24, 2.45) is 0 Å². The second kappa shape index (κ2) is 7.40. The van der Waals surface area contributed by atoms with Crippen LogP contribution in [0.4, 0.5) is 5.95 Å². The summed E-state index contributed by atoms with van der Waals surface area (Å²) < 4.78 is 5.76. The maximum atomic E-state index is 12.4. The van der Waals surface area contributed by atoms with Crippen LogP contribution in [0.1, 0.15) is 28.6 Å². The number of nitrogens with one attached hydrogen (secondary N) is 1. The molecule has 138 valence electrons. The molecule has 0 radical (unpaired) electrons. The van der Waals surface area contributed by atoms with Gasteiger partial charge in [0.2, 0.25) is 5.95 Å². The summed E-state index contributed by atoms with van der Waals surface area (Å²) in [4.78, 5) is 21.3. The van der Waals surface area contributed by atoms with Crippen molar-refractivity contribution in [3.63, 3.8) is 0 Å². The van der Waals surface area contributed by atoms with E-state index < -0.39 is 18.3 Å². The molecule has 3 aromatic rings. The van der Waals surface area contributed by atoms with Crippen LogP contribution in [0, 0.1) is 0 Å². The van der Waals surface area contributed by atoms with Gasteiger partial charge in [-0.3, -0.25) is 10.1 Å². The number of nitrogens with zero attached hydrogens (tertiary/aromatic N) is 2. The molecule has 0 aliphatic carbocycles. The molecule has 7 heteroatoms. The molecule has 1 saturated heterocycles. The number of amides is 1. The van der Waals surface area contributed by atoms with Gasteiger partial charge in [-0.1, -0.05) is 36.4 Å². The quantitative estimate of drug-likeness (QED) is 0.654. The highest BCUT2D eigenvalue weighted by Gasteiger charge is 2.36. The Morgan fingerprint density at radius 1 is 1.11 bits per heavy atom. The lowest BCUT2D eigenvalue weighted by Gasteiger charge is -2.15. The number of carbonyl (C=O) groups excluding carboxylic acids is 1. The van der Waals surface area contributed by atoms with E-state index in [0.717, 1.165) is 5.39 Å². The first-order valence-corrected chi connectivity index (χ1v) is 8.73. The lowest BCUT2D eigenvalue weighted by molar-refractivity contribution is -0.0231. The Balaban J connectivity index is 1.70. The second-order valence-corrected chi connectivity index (χ2v) is 6.42. The van der Waals surface area contributed by atoms with Crippen molar-refractivity contribution in [2.75, 3.05) is 11.9 Å². The third-order valence-electron chi connectivity index (χ3n) is 4.60. The molecule has 2 aromatic carbocycles. The summed E-state index contributed by atoms with van der Waals surface area (Å²) in [5.74, 6) is -0.138. The molecule has 3 N–H and O–H groups in total. The van der Waals surface area contributed by atoms with Crippen molar-refractivity contribution in [1.82, 2.24) is 9.97 Å². The smallest absolute Gasteiger partial charge is 0.258 e. The van der Waals surface area contributed by atoms with Crippen LogP contribution in [0.25, 0.3) is 10.9 Å². The zero-order chi connectivity index (χ0) is 18.8. The summed E-state index contributed by atoms with van der Waals surface area (Å²) in [7, 11) is 0. The fourth-order valence-corrected chi connectivity index (χ4v) is 3.23. The van der Waals surface area contributed by atoms with E-state index in [1.165, 1.54) is 0 Å². The van der Waals surface area contributed by atoms with Gasteiger partial charge in [-0.25, -0.2) is 9.97 Å². The van der Waals surface area contributed by atoms with E-state index in [1.807, 2.05) is 30.3 Å². The van der Waals surface area contributed by atoms with Gasteiger partial charge in [-0.2, -0.15) is 0 Å². The molecule has 4 rings (SSSR count). The lowest BCUT2D eigenvalue weighted by atomic mass is 10.1. The molecular formula is C20H19N3O4. The standard InChI is InChI=1S/C20H19N3O4/c24-11-17-15(25)10-16(27-17)18-13-8-4-5-9-14(13)21-20(22-18)23-19(26)12-6-2-1-3-7-12/h1-9,15-17,24-25H,10-11H2,(H,21,22,23,26)/t15-,16+,17+/m0/s1. The Kier molecular flexibility index (Phi) is 4.81. The highest BCUT2D eigenvalue weighted by atomic mass is 16.5. The number of fused-ring (bicyclic) bond motifs is 1. The van der Waals surface area contributed by atoms with Crippen LogP contribution < -0.4 is 5.32 Å². The minimum absolute atomic E-state index is 0.170. The monoisotopic (exact) mass is 365 g/mol. The molecule has 1 fully saturated rings. The molecular weight excluding hydrogens is 346 g/mol. The Morgan fingerprint density at radius 3 is 2.59 bits per heavy atom. The summed E-state index contributed by atoms with van der Waals surface area (Å²) in [6.45, 7) is -0.266. The molecule has 3 atom stereocenters. The molecule has 1 amide bonds. The first kappa shape index (κ1) is 17.5. The van der Waals surface area contributed by atoms with Crippen LogP contribution in [0.3, 0.4) is 0 Å². The minimum Gasteiger partial charge on any atom is -0.394 e. The summed E-state index contributed by atoms with van der Waals surface area (Å²) in [5.41, 5.74) is 1.75. The zero-order valence-electron chi connectivity index (χ0n) is 14.4. The largest absolute Gasteiger partial charge is 0.394 e. The summed E-state index contributed by atoms with van der Waals surface area (Å²) in [5, 5.41) is 22.9. The van der Waals surface area contributed by atoms with Gasteiger partial charge in [0.1, 0.15) is 12.2 Å². The maximum Gasteiger partial charge on any atom is 0.258 e. The zero-order valence-corrected chi connectivity index (χ0v) is 14.4. The van der Waals surface area contributed by atoms with E-state index in [2.05, 4.69) is 15.3 Å². The van der Waals surface area contributed by atoms with Gasteiger partial charge >= 0.3 is 0 Å². The Morgan fingerprint density at radius 2 is 1.85 bits per heavy atom. The van der Waals surface area contributed by atoms with Crippen LogP contribution in [0.15, 0.2) is 54.6 Å².